The van der Waals surface area contributed by atoms with Crippen LogP contribution in [-0.2, 0) is 4.79 Å². The van der Waals surface area contributed by atoms with Gasteiger partial charge in [-0.2, -0.15) is 0 Å². The highest BCUT2D eigenvalue weighted by molar-refractivity contribution is 6.06. The molecule has 5 nitrogen and oxygen atoms in total. The molecule has 3 rings (SSSR count). The Morgan fingerprint density at radius 3 is 2.39 bits per heavy atom. The highest BCUT2D eigenvalue weighted by Gasteiger charge is 2.24. The average molecular weight is 380 g/mol. The molecule has 0 aromatic heterocycles. The van der Waals surface area contributed by atoms with Crippen LogP contribution < -0.4 is 10.1 Å². The standard InChI is InChI=1S/C23H28N2O3/c1-2-25(19-13-7-4-8-14-19)22(26)17-28-21-16-10-9-15-20(21)23(27)24-18-11-5-3-6-12-18/h3,5-6,9-12,15-16,19H,2,4,7-8,13-14,17H2,1H3,(H,24,27). The number of carbonyl (C=O) groups is 2. The van der Waals surface area contributed by atoms with Gasteiger partial charge in [-0.3, -0.25) is 9.59 Å². The maximum atomic E-state index is 12.7. The van der Waals surface area contributed by atoms with Gasteiger partial charge in [0.05, 0.1) is 5.56 Å². The van der Waals surface area contributed by atoms with E-state index in [2.05, 4.69) is 5.32 Å². The summed E-state index contributed by atoms with van der Waals surface area (Å²) in [6.07, 6.45) is 5.74. The van der Waals surface area contributed by atoms with E-state index in [0.717, 1.165) is 12.8 Å². The fraction of sp³-hybridized carbons (Fsp3) is 0.391. The second-order valence-corrected chi connectivity index (χ2v) is 7.08. The molecule has 0 unspecified atom stereocenters. The number of nitrogens with zero attached hydrogens (tertiary/aromatic N) is 1. The van der Waals surface area contributed by atoms with Gasteiger partial charge in [0.25, 0.3) is 11.8 Å². The number of para-hydroxylation sites is 2. The Kier molecular flexibility index (Phi) is 7.06. The third kappa shape index (κ3) is 5.12. The van der Waals surface area contributed by atoms with Gasteiger partial charge in [0.2, 0.25) is 0 Å². The zero-order valence-corrected chi connectivity index (χ0v) is 16.4. The van der Waals surface area contributed by atoms with Gasteiger partial charge in [-0.25, -0.2) is 0 Å². The summed E-state index contributed by atoms with van der Waals surface area (Å²) in [5.41, 5.74) is 1.13. The molecule has 1 aliphatic carbocycles. The van der Waals surface area contributed by atoms with Crippen LogP contribution in [0.1, 0.15) is 49.4 Å². The number of likely N-dealkylation sites (N-methyl/N-ethyl adjacent to an activating group) is 1. The van der Waals surface area contributed by atoms with Gasteiger partial charge in [0.15, 0.2) is 6.61 Å². The van der Waals surface area contributed by atoms with Crippen LogP contribution in [0.2, 0.25) is 0 Å². The summed E-state index contributed by atoms with van der Waals surface area (Å²) >= 11 is 0. The van der Waals surface area contributed by atoms with E-state index in [-0.39, 0.29) is 18.4 Å². The Hall–Kier alpha value is -2.82. The normalized spacial score (nSPS) is 14.3. The Morgan fingerprint density at radius 2 is 1.68 bits per heavy atom. The molecular weight excluding hydrogens is 352 g/mol. The summed E-state index contributed by atoms with van der Waals surface area (Å²) in [4.78, 5) is 27.3. The monoisotopic (exact) mass is 380 g/mol. The van der Waals surface area contributed by atoms with Crippen molar-refractivity contribution in [2.75, 3.05) is 18.5 Å². The van der Waals surface area contributed by atoms with Gasteiger partial charge in [-0.1, -0.05) is 49.6 Å². The number of anilines is 1. The molecule has 28 heavy (non-hydrogen) atoms. The summed E-state index contributed by atoms with van der Waals surface area (Å²) < 4.78 is 5.78. The second-order valence-electron chi connectivity index (χ2n) is 7.08. The number of hydrogen-bond acceptors (Lipinski definition) is 3. The predicted molar refractivity (Wildman–Crippen MR) is 111 cm³/mol. The molecule has 0 heterocycles. The van der Waals surface area contributed by atoms with Gasteiger partial charge in [-0.15, -0.1) is 0 Å². The average Bonchev–Trinajstić information content (AvgIpc) is 2.74. The lowest BCUT2D eigenvalue weighted by Gasteiger charge is -2.33. The third-order valence-electron chi connectivity index (χ3n) is 5.19. The van der Waals surface area contributed by atoms with Crippen molar-refractivity contribution in [3.8, 4) is 5.75 Å². The topological polar surface area (TPSA) is 58.6 Å². The first-order valence-electron chi connectivity index (χ1n) is 10.1. The van der Waals surface area contributed by atoms with Crippen LogP contribution in [0.5, 0.6) is 5.75 Å². The summed E-state index contributed by atoms with van der Waals surface area (Å²) in [5.74, 6) is 0.144. The highest BCUT2D eigenvalue weighted by Crippen LogP contribution is 2.23. The fourth-order valence-electron chi connectivity index (χ4n) is 3.75. The number of carbonyl (C=O) groups excluding carboxylic acids is 2. The molecule has 0 saturated heterocycles. The Morgan fingerprint density at radius 1 is 1.00 bits per heavy atom. The van der Waals surface area contributed by atoms with Crippen LogP contribution in [0.4, 0.5) is 5.69 Å². The van der Waals surface area contributed by atoms with E-state index in [1.54, 1.807) is 24.3 Å². The zero-order valence-electron chi connectivity index (χ0n) is 16.4. The van der Waals surface area contributed by atoms with Crippen molar-refractivity contribution in [1.29, 1.82) is 0 Å². The molecule has 1 saturated carbocycles. The molecule has 5 heteroatoms. The zero-order chi connectivity index (χ0) is 19.8. The number of amides is 2. The largest absolute Gasteiger partial charge is 0.483 e. The van der Waals surface area contributed by atoms with Crippen LogP contribution in [0.25, 0.3) is 0 Å². The molecule has 0 bridgehead atoms. The van der Waals surface area contributed by atoms with Gasteiger partial charge < -0.3 is 15.0 Å². The van der Waals surface area contributed by atoms with Crippen molar-refractivity contribution in [3.63, 3.8) is 0 Å². The van der Waals surface area contributed by atoms with E-state index in [0.29, 0.717) is 29.6 Å². The maximum absolute atomic E-state index is 12.7. The minimum absolute atomic E-state index is 0.0207. The van der Waals surface area contributed by atoms with Crippen LogP contribution >= 0.6 is 0 Å². The molecule has 0 atom stereocenters. The van der Waals surface area contributed by atoms with Gasteiger partial charge >= 0.3 is 0 Å². The fourth-order valence-corrected chi connectivity index (χ4v) is 3.75. The van der Waals surface area contributed by atoms with Crippen molar-refractivity contribution in [2.24, 2.45) is 0 Å². The molecule has 2 aromatic carbocycles. The van der Waals surface area contributed by atoms with E-state index < -0.39 is 0 Å². The molecule has 1 N–H and O–H groups in total. The van der Waals surface area contributed by atoms with Crippen molar-refractivity contribution in [2.45, 2.75) is 45.1 Å². The first-order valence-corrected chi connectivity index (χ1v) is 10.1. The van der Waals surface area contributed by atoms with Crippen molar-refractivity contribution < 1.29 is 14.3 Å². The van der Waals surface area contributed by atoms with E-state index in [1.807, 2.05) is 42.2 Å². The first-order chi connectivity index (χ1) is 13.7. The lowest BCUT2D eigenvalue weighted by molar-refractivity contribution is -0.136. The highest BCUT2D eigenvalue weighted by atomic mass is 16.5. The second kappa shape index (κ2) is 9.93. The van der Waals surface area contributed by atoms with Crippen LogP contribution in [-0.4, -0.2) is 35.9 Å². The summed E-state index contributed by atoms with van der Waals surface area (Å²) in [6, 6.07) is 16.6. The Labute approximate surface area is 166 Å². The van der Waals surface area contributed by atoms with E-state index in [4.69, 9.17) is 4.74 Å². The summed E-state index contributed by atoms with van der Waals surface area (Å²) in [6.45, 7) is 2.64. The van der Waals surface area contributed by atoms with Crippen molar-refractivity contribution in [3.05, 3.63) is 60.2 Å². The molecule has 0 spiro atoms. The van der Waals surface area contributed by atoms with Crippen LogP contribution in [0, 0.1) is 0 Å². The predicted octanol–water partition coefficient (Wildman–Crippen LogP) is 4.50. The molecule has 2 amide bonds. The van der Waals surface area contributed by atoms with Crippen LogP contribution in [0.15, 0.2) is 54.6 Å². The van der Waals surface area contributed by atoms with Crippen molar-refractivity contribution in [1.82, 2.24) is 4.90 Å². The van der Waals surface area contributed by atoms with Gasteiger partial charge in [0.1, 0.15) is 5.75 Å². The number of rotatable bonds is 7. The van der Waals surface area contributed by atoms with E-state index in [9.17, 15) is 9.59 Å². The van der Waals surface area contributed by atoms with Gasteiger partial charge in [0, 0.05) is 18.3 Å². The first kappa shape index (κ1) is 19.9. The molecule has 0 radical (unpaired) electrons. The lowest BCUT2D eigenvalue weighted by atomic mass is 9.94. The molecule has 1 aliphatic rings. The third-order valence-corrected chi connectivity index (χ3v) is 5.19. The molecule has 2 aromatic rings. The molecule has 0 aliphatic heterocycles. The lowest BCUT2D eigenvalue weighted by Crippen LogP contribution is -2.43. The smallest absolute Gasteiger partial charge is 0.260 e. The SMILES string of the molecule is CCN(C(=O)COc1ccccc1C(=O)Nc1ccccc1)C1CCCCC1. The number of nitrogens with one attached hydrogen (secondary N) is 1. The summed E-state index contributed by atoms with van der Waals surface area (Å²) in [5, 5.41) is 2.86. The Balaban J connectivity index is 1.64. The number of hydrogen-bond donors (Lipinski definition) is 1. The summed E-state index contributed by atoms with van der Waals surface area (Å²) in [7, 11) is 0. The number of benzene rings is 2. The van der Waals surface area contributed by atoms with Gasteiger partial charge in [-0.05, 0) is 44.0 Å². The minimum atomic E-state index is -0.256. The molecule has 1 fully saturated rings. The maximum Gasteiger partial charge on any atom is 0.260 e. The van der Waals surface area contributed by atoms with E-state index >= 15 is 0 Å². The Bertz CT molecular complexity index is 785. The van der Waals surface area contributed by atoms with Crippen LogP contribution in [0.3, 0.4) is 0 Å². The van der Waals surface area contributed by atoms with Crippen molar-refractivity contribution >= 4 is 17.5 Å². The quantitative estimate of drug-likeness (QED) is 0.769. The minimum Gasteiger partial charge on any atom is -0.483 e. The van der Waals surface area contributed by atoms with E-state index in [1.165, 1.54) is 19.3 Å². The molecule has 148 valence electrons. The number of ether oxygens (including phenoxy) is 1. The molecular formula is C23H28N2O3.